The molecule has 1 aromatic carbocycles. The average Bonchev–Trinajstić information content (AvgIpc) is 2.47. The number of aliphatic hydroxyl groups excluding tert-OH is 1. The van der Waals surface area contributed by atoms with Crippen LogP contribution in [0.4, 0.5) is 0 Å². The molecule has 12 heavy (non-hydrogen) atoms. The van der Waals surface area contributed by atoms with Crippen LogP contribution < -0.4 is 0 Å². The fourth-order valence-electron chi connectivity index (χ4n) is 1.67. The number of fused-ring (bicyclic) bond motifs is 1. The standard InChI is InChI=1S/C11H12O/c1-8-2-4-10-6-9(7-12)3-5-11(8)10/h2-3,5-6,12H,4,7H2,1H3. The maximum absolute atomic E-state index is 8.92. The lowest BCUT2D eigenvalue weighted by Gasteiger charge is -2.02. The quantitative estimate of drug-likeness (QED) is 0.667. The molecule has 0 bridgehead atoms. The largest absolute Gasteiger partial charge is 0.392 e. The SMILES string of the molecule is CC1=CCc2cc(CO)ccc21. The predicted molar refractivity (Wildman–Crippen MR) is 49.7 cm³/mol. The Hall–Kier alpha value is -1.08. The summed E-state index contributed by atoms with van der Waals surface area (Å²) < 4.78 is 0. The first kappa shape index (κ1) is 7.56. The summed E-state index contributed by atoms with van der Waals surface area (Å²) in [4.78, 5) is 0. The van der Waals surface area contributed by atoms with Crippen LogP contribution in [0.1, 0.15) is 23.6 Å². The van der Waals surface area contributed by atoms with Gasteiger partial charge in [-0.2, -0.15) is 0 Å². The minimum atomic E-state index is 0.145. The van der Waals surface area contributed by atoms with Gasteiger partial charge in [-0.1, -0.05) is 24.3 Å². The first-order chi connectivity index (χ1) is 5.81. The van der Waals surface area contributed by atoms with Crippen LogP contribution in [0.2, 0.25) is 0 Å². The Kier molecular flexibility index (Phi) is 1.74. The van der Waals surface area contributed by atoms with Crippen molar-refractivity contribution in [3.8, 4) is 0 Å². The second-order valence-corrected chi connectivity index (χ2v) is 3.24. The van der Waals surface area contributed by atoms with E-state index in [-0.39, 0.29) is 6.61 Å². The van der Waals surface area contributed by atoms with E-state index < -0.39 is 0 Å². The van der Waals surface area contributed by atoms with Crippen LogP contribution >= 0.6 is 0 Å². The molecule has 2 rings (SSSR count). The van der Waals surface area contributed by atoms with E-state index in [1.807, 2.05) is 6.07 Å². The van der Waals surface area contributed by atoms with Crippen LogP contribution in [0.3, 0.4) is 0 Å². The number of rotatable bonds is 1. The van der Waals surface area contributed by atoms with Gasteiger partial charge in [-0.3, -0.25) is 0 Å². The van der Waals surface area contributed by atoms with Crippen molar-refractivity contribution in [2.45, 2.75) is 20.0 Å². The molecule has 0 aromatic heterocycles. The molecule has 0 radical (unpaired) electrons. The van der Waals surface area contributed by atoms with E-state index in [4.69, 9.17) is 5.11 Å². The van der Waals surface area contributed by atoms with Crippen molar-refractivity contribution in [3.05, 3.63) is 41.0 Å². The Morgan fingerprint density at radius 2 is 2.25 bits per heavy atom. The maximum Gasteiger partial charge on any atom is 0.0681 e. The van der Waals surface area contributed by atoms with Crippen molar-refractivity contribution in [2.24, 2.45) is 0 Å². The van der Waals surface area contributed by atoms with Crippen molar-refractivity contribution in [3.63, 3.8) is 0 Å². The molecule has 0 aliphatic heterocycles. The van der Waals surface area contributed by atoms with Crippen LogP contribution in [0.5, 0.6) is 0 Å². The third-order valence-electron chi connectivity index (χ3n) is 2.41. The molecule has 1 nitrogen and oxygen atoms in total. The number of benzene rings is 1. The predicted octanol–water partition coefficient (Wildman–Crippen LogP) is 2.14. The lowest BCUT2D eigenvalue weighted by molar-refractivity contribution is 0.282. The third-order valence-corrected chi connectivity index (χ3v) is 2.41. The normalized spacial score (nSPS) is 14.3. The first-order valence-corrected chi connectivity index (χ1v) is 4.21. The fraction of sp³-hybridized carbons (Fsp3) is 0.273. The molecule has 0 atom stereocenters. The van der Waals surface area contributed by atoms with Gasteiger partial charge in [0.25, 0.3) is 0 Å². The van der Waals surface area contributed by atoms with Gasteiger partial charge in [-0.15, -0.1) is 0 Å². The number of hydrogen-bond acceptors (Lipinski definition) is 1. The highest BCUT2D eigenvalue weighted by Gasteiger charge is 2.09. The summed E-state index contributed by atoms with van der Waals surface area (Å²) in [5, 5.41) is 8.92. The van der Waals surface area contributed by atoms with E-state index in [0.717, 1.165) is 12.0 Å². The Labute approximate surface area is 72.4 Å². The number of hydrogen-bond donors (Lipinski definition) is 1. The van der Waals surface area contributed by atoms with Gasteiger partial charge in [-0.05, 0) is 35.6 Å². The van der Waals surface area contributed by atoms with E-state index in [1.54, 1.807) is 0 Å². The van der Waals surface area contributed by atoms with Crippen LogP contribution in [0, 0.1) is 0 Å². The molecule has 62 valence electrons. The second-order valence-electron chi connectivity index (χ2n) is 3.24. The van der Waals surface area contributed by atoms with Crippen LogP contribution in [-0.4, -0.2) is 5.11 Å². The molecule has 0 heterocycles. The van der Waals surface area contributed by atoms with Gasteiger partial charge in [0.1, 0.15) is 0 Å². The van der Waals surface area contributed by atoms with Crippen LogP contribution in [0.25, 0.3) is 5.57 Å². The van der Waals surface area contributed by atoms with Crippen molar-refractivity contribution >= 4 is 5.57 Å². The van der Waals surface area contributed by atoms with Crippen molar-refractivity contribution < 1.29 is 5.11 Å². The zero-order chi connectivity index (χ0) is 8.55. The van der Waals surface area contributed by atoms with Gasteiger partial charge in [0.2, 0.25) is 0 Å². The second kappa shape index (κ2) is 2.76. The van der Waals surface area contributed by atoms with Crippen molar-refractivity contribution in [2.75, 3.05) is 0 Å². The molecule has 1 N–H and O–H groups in total. The summed E-state index contributed by atoms with van der Waals surface area (Å²) in [5.74, 6) is 0. The lowest BCUT2D eigenvalue weighted by atomic mass is 10.0. The summed E-state index contributed by atoms with van der Waals surface area (Å²) >= 11 is 0. The third kappa shape index (κ3) is 1.07. The smallest absolute Gasteiger partial charge is 0.0681 e. The zero-order valence-electron chi connectivity index (χ0n) is 7.17. The minimum absolute atomic E-state index is 0.145. The van der Waals surface area contributed by atoms with E-state index in [2.05, 4.69) is 25.1 Å². The van der Waals surface area contributed by atoms with Crippen LogP contribution in [0.15, 0.2) is 24.3 Å². The molecule has 0 spiro atoms. The Morgan fingerprint density at radius 1 is 1.42 bits per heavy atom. The van der Waals surface area contributed by atoms with E-state index in [0.29, 0.717) is 0 Å². The minimum Gasteiger partial charge on any atom is -0.392 e. The molecular weight excluding hydrogens is 148 g/mol. The van der Waals surface area contributed by atoms with Crippen molar-refractivity contribution in [1.29, 1.82) is 0 Å². The summed E-state index contributed by atoms with van der Waals surface area (Å²) in [7, 11) is 0. The van der Waals surface area contributed by atoms with E-state index >= 15 is 0 Å². The highest BCUT2D eigenvalue weighted by Crippen LogP contribution is 2.27. The van der Waals surface area contributed by atoms with Crippen LogP contribution in [-0.2, 0) is 13.0 Å². The molecule has 1 aliphatic rings. The molecule has 0 unspecified atom stereocenters. The van der Waals surface area contributed by atoms with Gasteiger partial charge in [0, 0.05) is 0 Å². The summed E-state index contributed by atoms with van der Waals surface area (Å²) in [6.45, 7) is 2.27. The number of aliphatic hydroxyl groups is 1. The maximum atomic E-state index is 8.92. The highest BCUT2D eigenvalue weighted by atomic mass is 16.3. The van der Waals surface area contributed by atoms with Gasteiger partial charge < -0.3 is 5.11 Å². The summed E-state index contributed by atoms with van der Waals surface area (Å²) in [5.41, 5.74) is 5.05. The van der Waals surface area contributed by atoms with Crippen molar-refractivity contribution in [1.82, 2.24) is 0 Å². The first-order valence-electron chi connectivity index (χ1n) is 4.21. The van der Waals surface area contributed by atoms with Gasteiger partial charge in [-0.25, -0.2) is 0 Å². The Bertz CT molecular complexity index is 337. The number of allylic oxidation sites excluding steroid dienone is 2. The molecular formula is C11H12O. The Balaban J connectivity index is 2.46. The van der Waals surface area contributed by atoms with Gasteiger partial charge >= 0.3 is 0 Å². The molecule has 0 fully saturated rings. The summed E-state index contributed by atoms with van der Waals surface area (Å²) in [6, 6.07) is 6.17. The average molecular weight is 160 g/mol. The van der Waals surface area contributed by atoms with E-state index in [9.17, 15) is 0 Å². The fourth-order valence-corrected chi connectivity index (χ4v) is 1.67. The molecule has 0 amide bonds. The lowest BCUT2D eigenvalue weighted by Crippen LogP contribution is -1.88. The zero-order valence-corrected chi connectivity index (χ0v) is 7.17. The molecule has 0 saturated heterocycles. The molecule has 0 saturated carbocycles. The topological polar surface area (TPSA) is 20.2 Å². The highest BCUT2D eigenvalue weighted by molar-refractivity contribution is 5.71. The van der Waals surface area contributed by atoms with Gasteiger partial charge in [0.15, 0.2) is 0 Å². The molecule has 1 aliphatic carbocycles. The molecule has 1 aromatic rings. The van der Waals surface area contributed by atoms with E-state index in [1.165, 1.54) is 16.7 Å². The van der Waals surface area contributed by atoms with Gasteiger partial charge in [0.05, 0.1) is 6.61 Å². The monoisotopic (exact) mass is 160 g/mol. The molecule has 1 heteroatoms. The Morgan fingerprint density at radius 3 is 3.00 bits per heavy atom. The summed E-state index contributed by atoms with van der Waals surface area (Å²) in [6.07, 6.45) is 3.25.